The van der Waals surface area contributed by atoms with E-state index in [4.69, 9.17) is 28.0 Å². The number of carbonyl (C=O) groups excluding carboxylic acids is 1. The van der Waals surface area contributed by atoms with E-state index in [9.17, 15) is 18.0 Å². The van der Waals surface area contributed by atoms with Gasteiger partial charge in [0, 0.05) is 45.0 Å². The fraction of sp³-hybridized carbons (Fsp3) is 0.217. The highest BCUT2D eigenvalue weighted by atomic mass is 79.9. The molecular weight excluding hydrogens is 544 g/mol. The Morgan fingerprint density at radius 1 is 1.09 bits per heavy atom. The molecule has 0 spiro atoms. The van der Waals surface area contributed by atoms with Gasteiger partial charge >= 0.3 is 6.18 Å². The van der Waals surface area contributed by atoms with Gasteiger partial charge in [-0.3, -0.25) is 4.79 Å². The fourth-order valence-corrected chi connectivity index (χ4v) is 4.56. The predicted molar refractivity (Wildman–Crippen MR) is 127 cm³/mol. The molecule has 0 fully saturated rings. The third-order valence-corrected chi connectivity index (χ3v) is 6.21. The number of fused-ring (bicyclic) bond motifs is 1. The maximum Gasteiger partial charge on any atom is 0.435 e. The zero-order valence-corrected chi connectivity index (χ0v) is 19.9. The first-order valence-electron chi connectivity index (χ1n) is 9.81. The second-order valence-corrected chi connectivity index (χ2v) is 9.11. The molecule has 1 atom stereocenters. The summed E-state index contributed by atoms with van der Waals surface area (Å²) in [7, 11) is 0. The van der Waals surface area contributed by atoms with Crippen LogP contribution in [0.25, 0.3) is 10.8 Å². The number of amides is 1. The summed E-state index contributed by atoms with van der Waals surface area (Å²) in [5.41, 5.74) is -2.00. The average molecular weight is 560 g/mol. The molecule has 1 aliphatic heterocycles. The zero-order chi connectivity index (χ0) is 23.8. The molecule has 1 unspecified atom stereocenters. The van der Waals surface area contributed by atoms with E-state index in [0.717, 1.165) is 0 Å². The normalized spacial score (nSPS) is 18.2. The number of carbonyl (C=O) groups is 1. The molecule has 0 saturated heterocycles. The van der Waals surface area contributed by atoms with Crippen molar-refractivity contribution in [2.45, 2.75) is 18.2 Å². The molecule has 172 valence electrons. The van der Waals surface area contributed by atoms with E-state index >= 15 is 0 Å². The Balaban J connectivity index is 1.78. The molecule has 0 aliphatic carbocycles. The van der Waals surface area contributed by atoms with E-state index in [-0.39, 0.29) is 27.2 Å². The Hall–Kier alpha value is -2.29. The molecule has 4 nitrogen and oxygen atoms in total. The van der Waals surface area contributed by atoms with Gasteiger partial charge < -0.3 is 10.2 Å². The molecule has 0 radical (unpaired) electrons. The van der Waals surface area contributed by atoms with Gasteiger partial charge in [0.15, 0.2) is 0 Å². The van der Waals surface area contributed by atoms with Gasteiger partial charge in [-0.15, -0.1) is 0 Å². The summed E-state index contributed by atoms with van der Waals surface area (Å²) >= 11 is 15.2. The van der Waals surface area contributed by atoms with Crippen LogP contribution in [0.5, 0.6) is 0 Å². The minimum Gasteiger partial charge on any atom is -0.374 e. The first kappa shape index (κ1) is 23.9. The molecule has 1 N–H and O–H groups in total. The van der Waals surface area contributed by atoms with Crippen LogP contribution >= 0.6 is 39.1 Å². The predicted octanol–water partition coefficient (Wildman–Crippen LogP) is 6.85. The Kier molecular flexibility index (Phi) is 6.62. The highest BCUT2D eigenvalue weighted by molar-refractivity contribution is 9.09. The Morgan fingerprint density at radius 2 is 1.76 bits per heavy atom. The monoisotopic (exact) mass is 558 g/mol. The van der Waals surface area contributed by atoms with Crippen LogP contribution in [-0.4, -0.2) is 29.7 Å². The number of alkyl halides is 4. The van der Waals surface area contributed by atoms with Crippen LogP contribution < -0.4 is 5.32 Å². The second-order valence-electron chi connectivity index (χ2n) is 7.44. The fourth-order valence-electron chi connectivity index (χ4n) is 3.84. The van der Waals surface area contributed by atoms with Gasteiger partial charge in [-0.2, -0.15) is 13.2 Å². The smallest absolute Gasteiger partial charge is 0.374 e. The van der Waals surface area contributed by atoms with Crippen molar-refractivity contribution in [1.29, 1.82) is 0 Å². The van der Waals surface area contributed by atoms with E-state index < -0.39 is 18.2 Å². The van der Waals surface area contributed by atoms with Crippen molar-refractivity contribution in [3.05, 3.63) is 81.3 Å². The summed E-state index contributed by atoms with van der Waals surface area (Å²) in [6, 6.07) is 13.8. The maximum atomic E-state index is 14.3. The largest absolute Gasteiger partial charge is 0.435 e. The molecule has 1 amide bonds. The van der Waals surface area contributed by atoms with Crippen molar-refractivity contribution >= 4 is 61.5 Å². The summed E-state index contributed by atoms with van der Waals surface area (Å²) < 4.78 is 42.9. The number of nitrogens with zero attached hydrogens (tertiary/aromatic N) is 1. The number of nitrogens with one attached hydrogen (secondary N) is 1. The standard InChI is InChI=1S/C23H16BrCl2F3N2O2/c24-7-8-30-21(32)19-6-5-18(16-3-1-2-4-17(16)19)20-12-22(33-31-20,23(27,28)29)13-9-14(25)11-15(26)10-13/h1-6,9-11H,7-8,12H2,(H,30,32). The van der Waals surface area contributed by atoms with Crippen molar-refractivity contribution in [3.8, 4) is 0 Å². The Morgan fingerprint density at radius 3 is 2.39 bits per heavy atom. The summed E-state index contributed by atoms with van der Waals surface area (Å²) in [6.45, 7) is 0.436. The highest BCUT2D eigenvalue weighted by Crippen LogP contribution is 2.50. The number of hydrogen-bond donors (Lipinski definition) is 1. The van der Waals surface area contributed by atoms with Crippen LogP contribution in [0.4, 0.5) is 13.2 Å². The zero-order valence-electron chi connectivity index (χ0n) is 16.8. The van der Waals surface area contributed by atoms with E-state index in [1.165, 1.54) is 18.2 Å². The van der Waals surface area contributed by atoms with Crippen LogP contribution in [0.2, 0.25) is 10.0 Å². The molecule has 1 heterocycles. The van der Waals surface area contributed by atoms with Crippen LogP contribution in [0, 0.1) is 0 Å². The van der Waals surface area contributed by atoms with Gasteiger partial charge in [0.1, 0.15) is 0 Å². The van der Waals surface area contributed by atoms with Crippen LogP contribution in [0.15, 0.2) is 59.8 Å². The van der Waals surface area contributed by atoms with Gasteiger partial charge in [-0.05, 0) is 35.0 Å². The third-order valence-electron chi connectivity index (χ3n) is 5.37. The average Bonchev–Trinajstić information content (AvgIpc) is 3.23. The summed E-state index contributed by atoms with van der Waals surface area (Å²) in [6.07, 6.45) is -5.37. The van der Waals surface area contributed by atoms with E-state index in [1.807, 2.05) is 0 Å². The van der Waals surface area contributed by atoms with Gasteiger partial charge in [0.05, 0.1) is 5.71 Å². The molecule has 4 rings (SSSR count). The van der Waals surface area contributed by atoms with Crippen molar-refractivity contribution in [3.63, 3.8) is 0 Å². The Bertz CT molecular complexity index is 1250. The third kappa shape index (κ3) is 4.44. The minimum atomic E-state index is -4.79. The minimum absolute atomic E-state index is 0.0578. The molecule has 33 heavy (non-hydrogen) atoms. The molecule has 3 aromatic carbocycles. The number of halogens is 6. The van der Waals surface area contributed by atoms with Crippen molar-refractivity contribution in [1.82, 2.24) is 5.32 Å². The van der Waals surface area contributed by atoms with Crippen molar-refractivity contribution in [2.24, 2.45) is 5.16 Å². The highest BCUT2D eigenvalue weighted by Gasteiger charge is 2.62. The quantitative estimate of drug-likeness (QED) is 0.347. The number of benzene rings is 3. The van der Waals surface area contributed by atoms with Gasteiger partial charge in [0.2, 0.25) is 0 Å². The van der Waals surface area contributed by atoms with Crippen LogP contribution in [0.1, 0.15) is 27.9 Å². The topological polar surface area (TPSA) is 50.7 Å². The number of hydrogen-bond acceptors (Lipinski definition) is 3. The summed E-state index contributed by atoms with van der Waals surface area (Å²) in [5.74, 6) is -0.278. The number of rotatable bonds is 5. The van der Waals surface area contributed by atoms with Crippen LogP contribution in [-0.2, 0) is 10.4 Å². The lowest BCUT2D eigenvalue weighted by Gasteiger charge is -2.29. The van der Waals surface area contributed by atoms with E-state index in [0.29, 0.717) is 33.8 Å². The molecule has 3 aromatic rings. The second kappa shape index (κ2) is 9.16. The summed E-state index contributed by atoms with van der Waals surface area (Å²) in [4.78, 5) is 17.7. The van der Waals surface area contributed by atoms with Gasteiger partial charge in [-0.1, -0.05) is 74.6 Å². The molecule has 10 heteroatoms. The molecule has 0 bridgehead atoms. The lowest BCUT2D eigenvalue weighted by molar-refractivity contribution is -0.275. The summed E-state index contributed by atoms with van der Waals surface area (Å²) in [5, 5.41) is 8.52. The molecular formula is C23H16BrCl2F3N2O2. The maximum absolute atomic E-state index is 14.3. The lowest BCUT2D eigenvalue weighted by Crippen LogP contribution is -2.42. The van der Waals surface area contributed by atoms with Gasteiger partial charge in [0.25, 0.3) is 11.5 Å². The van der Waals surface area contributed by atoms with Crippen LogP contribution in [0.3, 0.4) is 0 Å². The Labute approximate surface area is 205 Å². The molecule has 1 aliphatic rings. The van der Waals surface area contributed by atoms with E-state index in [2.05, 4.69) is 26.4 Å². The van der Waals surface area contributed by atoms with Crippen molar-refractivity contribution < 1.29 is 22.8 Å². The molecule has 0 saturated carbocycles. The van der Waals surface area contributed by atoms with E-state index in [1.54, 1.807) is 36.4 Å². The first-order valence-corrected chi connectivity index (χ1v) is 11.7. The van der Waals surface area contributed by atoms with Gasteiger partial charge in [-0.25, -0.2) is 0 Å². The molecule has 0 aromatic heterocycles. The van der Waals surface area contributed by atoms with Crippen molar-refractivity contribution in [2.75, 3.05) is 11.9 Å². The SMILES string of the molecule is O=C(NCCBr)c1ccc(C2=NOC(c3cc(Cl)cc(Cl)c3)(C(F)(F)F)C2)c2ccccc12. The number of oxime groups is 1. The lowest BCUT2D eigenvalue weighted by atomic mass is 9.85. The first-order chi connectivity index (χ1) is 15.7.